The van der Waals surface area contributed by atoms with Crippen molar-refractivity contribution in [3.05, 3.63) is 12.2 Å². The van der Waals surface area contributed by atoms with E-state index >= 15 is 0 Å². The first kappa shape index (κ1) is 11.7. The smallest absolute Gasteiger partial charge is 0.0139 e. The lowest BCUT2D eigenvalue weighted by atomic mass is 9.80. The highest BCUT2D eigenvalue weighted by Gasteiger charge is 2.19. The molecule has 1 nitrogen and oxygen atoms in total. The van der Waals surface area contributed by atoms with Crippen LogP contribution < -0.4 is 5.73 Å². The second-order valence-corrected chi connectivity index (χ2v) is 4.15. The van der Waals surface area contributed by atoms with E-state index in [4.69, 9.17) is 5.73 Å². The summed E-state index contributed by atoms with van der Waals surface area (Å²) in [6, 6.07) is 0. The van der Waals surface area contributed by atoms with Gasteiger partial charge in [-0.2, -0.15) is 0 Å². The Balaban J connectivity index is 3.78. The predicted octanol–water partition coefficient (Wildman–Crippen LogP) is 3.11. The van der Waals surface area contributed by atoms with Crippen molar-refractivity contribution in [1.82, 2.24) is 0 Å². The number of rotatable bonds is 6. The van der Waals surface area contributed by atoms with Gasteiger partial charge in [0.2, 0.25) is 0 Å². The van der Waals surface area contributed by atoms with Gasteiger partial charge in [0.05, 0.1) is 0 Å². The summed E-state index contributed by atoms with van der Waals surface area (Å²) in [5.74, 6) is 0. The molecule has 0 amide bonds. The fraction of sp³-hybridized carbons (Fsp3) is 0.818. The molecule has 0 radical (unpaired) electrons. The Morgan fingerprint density at radius 3 is 2.33 bits per heavy atom. The molecule has 0 aromatic carbocycles. The normalized spacial score (nSPS) is 11.7. The second kappa shape index (κ2) is 5.36. The molecule has 0 aliphatic heterocycles. The van der Waals surface area contributed by atoms with E-state index in [1.807, 2.05) is 0 Å². The molecule has 0 fully saturated rings. The third kappa shape index (κ3) is 3.91. The van der Waals surface area contributed by atoms with Crippen LogP contribution in [0.15, 0.2) is 12.2 Å². The molecule has 72 valence electrons. The average Bonchev–Trinajstić information content (AvgIpc) is 2.03. The van der Waals surface area contributed by atoms with E-state index in [0.29, 0.717) is 6.54 Å². The molecule has 0 aliphatic carbocycles. The van der Waals surface area contributed by atoms with E-state index in [1.54, 1.807) is 0 Å². The van der Waals surface area contributed by atoms with E-state index in [9.17, 15) is 0 Å². The van der Waals surface area contributed by atoms with Gasteiger partial charge in [0.15, 0.2) is 0 Å². The third-order valence-electron chi connectivity index (χ3n) is 2.61. The Bertz CT molecular complexity index is 136. The van der Waals surface area contributed by atoms with Gasteiger partial charge in [0.1, 0.15) is 0 Å². The van der Waals surface area contributed by atoms with E-state index in [2.05, 4.69) is 27.4 Å². The van der Waals surface area contributed by atoms with Crippen molar-refractivity contribution in [2.45, 2.75) is 46.5 Å². The maximum atomic E-state index is 5.56. The van der Waals surface area contributed by atoms with Crippen LogP contribution in [-0.2, 0) is 0 Å². The molecule has 0 rings (SSSR count). The molecular formula is C11H23N. The molecule has 2 N–H and O–H groups in total. The van der Waals surface area contributed by atoms with Gasteiger partial charge in [-0.25, -0.2) is 0 Å². The minimum Gasteiger partial charge on any atom is -0.327 e. The van der Waals surface area contributed by atoms with Gasteiger partial charge in [-0.3, -0.25) is 0 Å². The predicted molar refractivity (Wildman–Crippen MR) is 56.1 cm³/mol. The van der Waals surface area contributed by atoms with Crippen LogP contribution in [0.1, 0.15) is 46.5 Å². The SMILES string of the molecule is C=C(CN)C(C)(C)CCCCC. The summed E-state index contributed by atoms with van der Waals surface area (Å²) in [6.45, 7) is 11.3. The maximum absolute atomic E-state index is 5.56. The third-order valence-corrected chi connectivity index (χ3v) is 2.61. The first-order valence-electron chi connectivity index (χ1n) is 4.93. The van der Waals surface area contributed by atoms with E-state index < -0.39 is 0 Å². The van der Waals surface area contributed by atoms with Crippen molar-refractivity contribution in [3.8, 4) is 0 Å². The van der Waals surface area contributed by atoms with Crippen LogP contribution >= 0.6 is 0 Å². The molecule has 0 unspecified atom stereocenters. The Morgan fingerprint density at radius 2 is 1.92 bits per heavy atom. The summed E-state index contributed by atoms with van der Waals surface area (Å²) in [5, 5.41) is 0. The van der Waals surface area contributed by atoms with Crippen LogP contribution in [0.4, 0.5) is 0 Å². The van der Waals surface area contributed by atoms with Crippen molar-refractivity contribution in [1.29, 1.82) is 0 Å². The van der Waals surface area contributed by atoms with E-state index in [-0.39, 0.29) is 5.41 Å². The molecule has 1 heteroatoms. The quantitative estimate of drug-likeness (QED) is 0.480. The maximum Gasteiger partial charge on any atom is 0.0139 e. The van der Waals surface area contributed by atoms with Gasteiger partial charge in [-0.05, 0) is 11.8 Å². The lowest BCUT2D eigenvalue weighted by Gasteiger charge is -2.26. The first-order valence-corrected chi connectivity index (χ1v) is 4.93. The lowest BCUT2D eigenvalue weighted by molar-refractivity contribution is 0.383. The van der Waals surface area contributed by atoms with Gasteiger partial charge in [0, 0.05) is 6.54 Å². The summed E-state index contributed by atoms with van der Waals surface area (Å²) in [6.07, 6.45) is 5.12. The summed E-state index contributed by atoms with van der Waals surface area (Å²) in [7, 11) is 0. The summed E-state index contributed by atoms with van der Waals surface area (Å²) in [4.78, 5) is 0. The van der Waals surface area contributed by atoms with Crippen molar-refractivity contribution in [2.75, 3.05) is 6.54 Å². The van der Waals surface area contributed by atoms with Gasteiger partial charge < -0.3 is 5.73 Å². The first-order chi connectivity index (χ1) is 5.54. The van der Waals surface area contributed by atoms with E-state index in [0.717, 1.165) is 0 Å². The van der Waals surface area contributed by atoms with Gasteiger partial charge in [0.25, 0.3) is 0 Å². The fourth-order valence-electron chi connectivity index (χ4n) is 1.27. The minimum atomic E-state index is 0.240. The Hall–Kier alpha value is -0.300. The van der Waals surface area contributed by atoms with Crippen molar-refractivity contribution >= 4 is 0 Å². The number of nitrogens with two attached hydrogens (primary N) is 1. The number of unbranched alkanes of at least 4 members (excludes halogenated alkanes) is 2. The van der Waals surface area contributed by atoms with Gasteiger partial charge in [-0.15, -0.1) is 0 Å². The summed E-state index contributed by atoms with van der Waals surface area (Å²) < 4.78 is 0. The number of hydrogen-bond acceptors (Lipinski definition) is 1. The highest BCUT2D eigenvalue weighted by atomic mass is 14.5. The topological polar surface area (TPSA) is 26.0 Å². The monoisotopic (exact) mass is 169 g/mol. The summed E-state index contributed by atoms with van der Waals surface area (Å²) >= 11 is 0. The van der Waals surface area contributed by atoms with Crippen LogP contribution in [-0.4, -0.2) is 6.54 Å². The molecule has 0 saturated heterocycles. The fourth-order valence-corrected chi connectivity index (χ4v) is 1.27. The second-order valence-electron chi connectivity index (χ2n) is 4.15. The molecule has 0 bridgehead atoms. The molecule has 0 aromatic rings. The molecule has 0 atom stereocenters. The van der Waals surface area contributed by atoms with Crippen molar-refractivity contribution in [3.63, 3.8) is 0 Å². The van der Waals surface area contributed by atoms with E-state index in [1.165, 1.54) is 31.3 Å². The lowest BCUT2D eigenvalue weighted by Crippen LogP contribution is -2.20. The standard InChI is InChI=1S/C11H23N/c1-5-6-7-8-11(3,4)10(2)9-12/h2,5-9,12H2,1,3-4H3. The van der Waals surface area contributed by atoms with Crippen LogP contribution in [0.3, 0.4) is 0 Å². The summed E-state index contributed by atoms with van der Waals surface area (Å²) in [5.41, 5.74) is 6.98. The zero-order chi connectivity index (χ0) is 9.61. The zero-order valence-electron chi connectivity index (χ0n) is 8.82. The molecule has 12 heavy (non-hydrogen) atoms. The van der Waals surface area contributed by atoms with Crippen LogP contribution in [0.2, 0.25) is 0 Å². The van der Waals surface area contributed by atoms with Crippen LogP contribution in [0.5, 0.6) is 0 Å². The minimum absolute atomic E-state index is 0.240. The Labute approximate surface area is 77.0 Å². The highest BCUT2D eigenvalue weighted by molar-refractivity contribution is 5.07. The molecule has 0 heterocycles. The molecule has 0 spiro atoms. The highest BCUT2D eigenvalue weighted by Crippen LogP contribution is 2.30. The Morgan fingerprint density at radius 1 is 1.33 bits per heavy atom. The average molecular weight is 169 g/mol. The van der Waals surface area contributed by atoms with Crippen molar-refractivity contribution in [2.24, 2.45) is 11.1 Å². The molecular weight excluding hydrogens is 146 g/mol. The van der Waals surface area contributed by atoms with Gasteiger partial charge >= 0.3 is 0 Å². The van der Waals surface area contributed by atoms with Gasteiger partial charge in [-0.1, -0.05) is 52.2 Å². The molecule has 0 aromatic heterocycles. The largest absolute Gasteiger partial charge is 0.327 e. The molecule has 0 saturated carbocycles. The van der Waals surface area contributed by atoms with Crippen molar-refractivity contribution < 1.29 is 0 Å². The number of hydrogen-bond donors (Lipinski definition) is 1. The molecule has 0 aliphatic rings. The Kier molecular flexibility index (Phi) is 5.23. The zero-order valence-corrected chi connectivity index (χ0v) is 8.82. The van der Waals surface area contributed by atoms with Crippen LogP contribution in [0, 0.1) is 5.41 Å². The van der Waals surface area contributed by atoms with Crippen LogP contribution in [0.25, 0.3) is 0 Å².